The Labute approximate surface area is 176 Å². The Hall–Kier alpha value is -2.48. The van der Waals surface area contributed by atoms with Gasteiger partial charge in [0.25, 0.3) is 11.5 Å². The highest BCUT2D eigenvalue weighted by Gasteiger charge is 2.20. The molecular weight excluding hydrogens is 382 g/mol. The molecule has 1 atom stereocenters. The molecule has 1 aromatic heterocycles. The van der Waals surface area contributed by atoms with Gasteiger partial charge in [-0.15, -0.1) is 0 Å². The topological polar surface area (TPSA) is 83.8 Å². The highest BCUT2D eigenvalue weighted by atomic mass is 16.5. The zero-order valence-electron chi connectivity index (χ0n) is 17.1. The third kappa shape index (κ3) is 5.16. The van der Waals surface area contributed by atoms with Crippen LogP contribution in [0, 0.1) is 0 Å². The maximum Gasteiger partial charge on any atom is 0.251 e. The predicted molar refractivity (Wildman–Crippen MR) is 113 cm³/mol. The first-order chi connectivity index (χ1) is 14.6. The standard InChI is InChI=1S/C23H29N3O4/c27-21(15-25-9-5-17-3-1-2-4-19(17)14-25)16-26-10-6-18(13-22(26)28)23(29)24-20-7-11-30-12-8-20/h1-4,6,10,13,20-21,27H,5,7-9,11-12,14-16H2,(H,24,29). The molecule has 3 heterocycles. The van der Waals surface area contributed by atoms with E-state index in [0.717, 1.165) is 32.4 Å². The number of rotatable bonds is 6. The third-order valence-corrected chi connectivity index (χ3v) is 5.90. The SMILES string of the molecule is O=C(NC1CCOCC1)c1ccn(CC(O)CN2CCc3ccccc3C2)c(=O)c1. The fourth-order valence-corrected chi connectivity index (χ4v) is 4.20. The van der Waals surface area contributed by atoms with Crippen molar-refractivity contribution in [2.75, 3.05) is 26.3 Å². The zero-order chi connectivity index (χ0) is 20.9. The summed E-state index contributed by atoms with van der Waals surface area (Å²) in [4.78, 5) is 27.1. The van der Waals surface area contributed by atoms with Gasteiger partial charge in [0, 0.05) is 56.7 Å². The molecule has 1 saturated heterocycles. The van der Waals surface area contributed by atoms with Gasteiger partial charge in [-0.2, -0.15) is 0 Å². The van der Waals surface area contributed by atoms with Crippen LogP contribution < -0.4 is 10.9 Å². The maximum atomic E-state index is 12.5. The summed E-state index contributed by atoms with van der Waals surface area (Å²) in [6, 6.07) is 11.5. The van der Waals surface area contributed by atoms with Crippen molar-refractivity contribution in [3.05, 3.63) is 69.6 Å². The van der Waals surface area contributed by atoms with E-state index in [-0.39, 0.29) is 24.1 Å². The minimum absolute atomic E-state index is 0.0881. The van der Waals surface area contributed by atoms with Gasteiger partial charge < -0.3 is 19.7 Å². The van der Waals surface area contributed by atoms with Crippen molar-refractivity contribution in [1.82, 2.24) is 14.8 Å². The molecule has 160 valence electrons. The Bertz CT molecular complexity index is 936. The summed E-state index contributed by atoms with van der Waals surface area (Å²) >= 11 is 0. The van der Waals surface area contributed by atoms with E-state index in [2.05, 4.69) is 28.4 Å². The molecule has 0 bridgehead atoms. The third-order valence-electron chi connectivity index (χ3n) is 5.90. The molecule has 4 rings (SSSR count). The fourth-order valence-electron chi connectivity index (χ4n) is 4.20. The summed E-state index contributed by atoms with van der Waals surface area (Å²) in [6.45, 7) is 3.72. The summed E-state index contributed by atoms with van der Waals surface area (Å²) in [7, 11) is 0. The first-order valence-corrected chi connectivity index (χ1v) is 10.6. The lowest BCUT2D eigenvalue weighted by molar-refractivity contribution is 0.0696. The Morgan fingerprint density at radius 1 is 1.17 bits per heavy atom. The number of β-amino-alcohol motifs (C(OH)–C–C–N with tert-alkyl or cyclic N) is 1. The van der Waals surface area contributed by atoms with Gasteiger partial charge in [-0.25, -0.2) is 0 Å². The summed E-state index contributed by atoms with van der Waals surface area (Å²) < 4.78 is 6.76. The molecule has 30 heavy (non-hydrogen) atoms. The lowest BCUT2D eigenvalue weighted by atomic mass is 10.00. The van der Waals surface area contributed by atoms with Crippen molar-refractivity contribution in [3.8, 4) is 0 Å². The first-order valence-electron chi connectivity index (χ1n) is 10.6. The summed E-state index contributed by atoms with van der Waals surface area (Å²) in [5, 5.41) is 13.5. The van der Waals surface area contributed by atoms with Crippen LogP contribution in [0.4, 0.5) is 0 Å². The molecule has 0 saturated carbocycles. The molecule has 2 aliphatic heterocycles. The number of aromatic nitrogens is 1. The van der Waals surface area contributed by atoms with Crippen LogP contribution in [0.1, 0.15) is 34.3 Å². The number of nitrogens with one attached hydrogen (secondary N) is 1. The van der Waals surface area contributed by atoms with E-state index < -0.39 is 6.10 Å². The lowest BCUT2D eigenvalue weighted by Gasteiger charge is -2.30. The average molecular weight is 412 g/mol. The summed E-state index contributed by atoms with van der Waals surface area (Å²) in [6.07, 6.45) is 3.48. The molecule has 2 aromatic rings. The molecule has 0 spiro atoms. The van der Waals surface area contributed by atoms with E-state index in [1.54, 1.807) is 12.3 Å². The quantitative estimate of drug-likeness (QED) is 0.746. The highest BCUT2D eigenvalue weighted by molar-refractivity contribution is 5.94. The first kappa shape index (κ1) is 20.8. The van der Waals surface area contributed by atoms with Crippen LogP contribution in [0.15, 0.2) is 47.4 Å². The van der Waals surface area contributed by atoms with Crippen molar-refractivity contribution in [2.45, 2.75) is 44.5 Å². The number of hydrogen-bond donors (Lipinski definition) is 2. The summed E-state index contributed by atoms with van der Waals surface area (Å²) in [5.41, 5.74) is 2.74. The van der Waals surface area contributed by atoms with Crippen LogP contribution >= 0.6 is 0 Å². The largest absolute Gasteiger partial charge is 0.390 e. The van der Waals surface area contributed by atoms with E-state index >= 15 is 0 Å². The molecule has 0 aliphatic carbocycles. The van der Waals surface area contributed by atoms with E-state index in [1.165, 1.54) is 21.8 Å². The van der Waals surface area contributed by atoms with Gasteiger partial charge in [-0.3, -0.25) is 14.5 Å². The van der Waals surface area contributed by atoms with Gasteiger partial charge in [-0.1, -0.05) is 24.3 Å². The number of carbonyl (C=O) groups excluding carboxylic acids is 1. The smallest absolute Gasteiger partial charge is 0.251 e. The number of nitrogens with zero attached hydrogens (tertiary/aromatic N) is 2. The number of aliphatic hydroxyl groups excluding tert-OH is 1. The molecule has 1 fully saturated rings. The van der Waals surface area contributed by atoms with Crippen molar-refractivity contribution in [2.24, 2.45) is 0 Å². The minimum atomic E-state index is -0.658. The number of pyridine rings is 1. The van der Waals surface area contributed by atoms with Gasteiger partial charge in [0.15, 0.2) is 0 Å². The molecule has 7 heteroatoms. The van der Waals surface area contributed by atoms with E-state index in [1.807, 2.05) is 6.07 Å². The van der Waals surface area contributed by atoms with Crippen molar-refractivity contribution in [1.29, 1.82) is 0 Å². The van der Waals surface area contributed by atoms with Crippen molar-refractivity contribution in [3.63, 3.8) is 0 Å². The monoisotopic (exact) mass is 411 g/mol. The highest BCUT2D eigenvalue weighted by Crippen LogP contribution is 2.18. The Balaban J connectivity index is 1.32. The normalized spacial score (nSPS) is 18.6. The second-order valence-corrected chi connectivity index (χ2v) is 8.17. The van der Waals surface area contributed by atoms with Crippen LogP contribution in [-0.2, 0) is 24.2 Å². The van der Waals surface area contributed by atoms with Gasteiger partial charge in [-0.05, 0) is 36.5 Å². The van der Waals surface area contributed by atoms with Crippen LogP contribution in [0.2, 0.25) is 0 Å². The lowest BCUT2D eigenvalue weighted by Crippen LogP contribution is -2.40. The second-order valence-electron chi connectivity index (χ2n) is 8.17. The molecule has 1 aromatic carbocycles. The predicted octanol–water partition coefficient (Wildman–Crippen LogP) is 1.18. The average Bonchev–Trinajstić information content (AvgIpc) is 2.75. The van der Waals surface area contributed by atoms with Gasteiger partial charge in [0.1, 0.15) is 0 Å². The summed E-state index contributed by atoms with van der Waals surface area (Å²) in [5.74, 6) is -0.237. The molecule has 2 aliphatic rings. The Morgan fingerprint density at radius 3 is 2.70 bits per heavy atom. The number of hydrogen-bond acceptors (Lipinski definition) is 5. The number of amides is 1. The Morgan fingerprint density at radius 2 is 1.93 bits per heavy atom. The number of fused-ring (bicyclic) bond motifs is 1. The number of benzene rings is 1. The molecule has 1 unspecified atom stereocenters. The van der Waals surface area contributed by atoms with Gasteiger partial charge >= 0.3 is 0 Å². The molecule has 1 amide bonds. The van der Waals surface area contributed by atoms with Crippen LogP contribution in [0.25, 0.3) is 0 Å². The number of carbonyl (C=O) groups is 1. The maximum absolute atomic E-state index is 12.5. The van der Waals surface area contributed by atoms with Crippen molar-refractivity contribution < 1.29 is 14.6 Å². The van der Waals surface area contributed by atoms with Crippen LogP contribution in [0.3, 0.4) is 0 Å². The Kier molecular flexibility index (Phi) is 6.62. The van der Waals surface area contributed by atoms with Crippen LogP contribution in [0.5, 0.6) is 0 Å². The molecule has 0 radical (unpaired) electrons. The second kappa shape index (κ2) is 9.55. The number of aliphatic hydroxyl groups is 1. The fraction of sp³-hybridized carbons (Fsp3) is 0.478. The zero-order valence-corrected chi connectivity index (χ0v) is 17.1. The molecular formula is C23H29N3O4. The number of ether oxygens (including phenoxy) is 1. The van der Waals surface area contributed by atoms with E-state index in [0.29, 0.717) is 25.3 Å². The van der Waals surface area contributed by atoms with Gasteiger partial charge in [0.2, 0.25) is 0 Å². The van der Waals surface area contributed by atoms with Crippen LogP contribution in [-0.4, -0.2) is 58.9 Å². The van der Waals surface area contributed by atoms with E-state index in [4.69, 9.17) is 4.74 Å². The molecule has 7 nitrogen and oxygen atoms in total. The van der Waals surface area contributed by atoms with Gasteiger partial charge in [0.05, 0.1) is 12.6 Å². The molecule has 2 N–H and O–H groups in total. The minimum Gasteiger partial charge on any atom is -0.390 e. The van der Waals surface area contributed by atoms with E-state index in [9.17, 15) is 14.7 Å². The van der Waals surface area contributed by atoms with Crippen molar-refractivity contribution >= 4 is 5.91 Å².